The van der Waals surface area contributed by atoms with E-state index < -0.39 is 6.55 Å². The predicted molar refractivity (Wildman–Crippen MR) is 400 cm³/mol. The van der Waals surface area contributed by atoms with Gasteiger partial charge in [0.25, 0.3) is 0 Å². The molecule has 27 nitrogen and oxygen atoms in total. The van der Waals surface area contributed by atoms with Crippen LogP contribution in [0.5, 0.6) is 0 Å². The molecule has 0 fully saturated rings. The zero-order chi connectivity index (χ0) is 77.1. The third-order valence-electron chi connectivity index (χ3n) is 14.7. The summed E-state index contributed by atoms with van der Waals surface area (Å²) in [6.45, 7) is 19.3. The number of halogens is 3. The van der Waals surface area contributed by atoms with Crippen LogP contribution in [0.1, 0.15) is 124 Å². The summed E-state index contributed by atoms with van der Waals surface area (Å²) in [7, 11) is 24.5. The van der Waals surface area contributed by atoms with Crippen molar-refractivity contribution < 1.29 is 51.4 Å². The van der Waals surface area contributed by atoms with Crippen LogP contribution in [0.25, 0.3) is 11.3 Å². The van der Waals surface area contributed by atoms with Gasteiger partial charge in [-0.15, -0.1) is 0 Å². The van der Waals surface area contributed by atoms with Crippen LogP contribution in [0.4, 0.5) is 8.78 Å². The van der Waals surface area contributed by atoms with Crippen LogP contribution in [-0.2, 0) is 137 Å². The maximum Gasteiger partial charge on any atom is 0.333 e. The van der Waals surface area contributed by atoms with E-state index in [0.29, 0.717) is 62.7 Å². The molecule has 104 heavy (non-hydrogen) atoms. The molecule has 0 atom stereocenters. The SMILES string of the molecule is CCn1cc(COC)c(C)n1.COC(c1cccnc1)c1cccnc1.COCc1cc(-c2ccccc2)n(C)n1.COCc1cc(C)n(C(C)C)n1.COCc1cc(C)n(C)n1.COCc1ccn(C(F)F)n1.COCc1cn(C)nc1C.COCc1cnn(C)c1C.COCc1nn(C)cc1Br. The zero-order valence-electron chi connectivity index (χ0n) is 64.7. The first-order valence-electron chi connectivity index (χ1n) is 33.2. The number of ether oxygens (including phenoxy) is 9. The van der Waals surface area contributed by atoms with E-state index in [1.165, 1.54) is 41.9 Å². The average molecular weight is 1510 g/mol. The van der Waals surface area contributed by atoms with E-state index in [-0.39, 0.29) is 12.7 Å². The van der Waals surface area contributed by atoms with E-state index in [1.807, 2.05) is 160 Å². The fraction of sp³-hybridized carbons (Fsp3) is 0.459. The Morgan fingerprint density at radius 3 is 1.38 bits per heavy atom. The van der Waals surface area contributed by atoms with E-state index in [0.717, 1.165) is 78.8 Å². The highest BCUT2D eigenvalue weighted by Crippen LogP contribution is 2.24. The van der Waals surface area contributed by atoms with Gasteiger partial charge in [-0.2, -0.15) is 49.6 Å². The number of rotatable bonds is 23. The van der Waals surface area contributed by atoms with Crippen LogP contribution in [0.3, 0.4) is 0 Å². The second kappa shape index (κ2) is 49.8. The van der Waals surface area contributed by atoms with Crippen molar-refractivity contribution >= 4 is 15.9 Å². The fourth-order valence-electron chi connectivity index (χ4n) is 9.56. The van der Waals surface area contributed by atoms with Crippen LogP contribution in [0.15, 0.2) is 139 Å². The van der Waals surface area contributed by atoms with Crippen LogP contribution < -0.4 is 0 Å². The summed E-state index contributed by atoms with van der Waals surface area (Å²) in [4.78, 5) is 8.16. The molecule has 11 rings (SSSR count). The van der Waals surface area contributed by atoms with Crippen molar-refractivity contribution in [2.75, 3.05) is 64.0 Å². The third kappa shape index (κ3) is 32.0. The third-order valence-corrected chi connectivity index (χ3v) is 15.4. The molecule has 0 saturated heterocycles. The summed E-state index contributed by atoms with van der Waals surface area (Å²) in [5.74, 6) is 0. The molecular weight excluding hydrogens is 1400 g/mol. The van der Waals surface area contributed by atoms with Gasteiger partial charge < -0.3 is 42.6 Å². The quantitative estimate of drug-likeness (QED) is 0.0577. The Kier molecular flexibility index (Phi) is 42.8. The minimum atomic E-state index is -2.57. The molecule has 570 valence electrons. The van der Waals surface area contributed by atoms with Crippen LogP contribution in [-0.4, -0.2) is 152 Å². The first-order chi connectivity index (χ1) is 49.8. The Labute approximate surface area is 620 Å². The first-order valence-corrected chi connectivity index (χ1v) is 34.0. The lowest BCUT2D eigenvalue weighted by atomic mass is 10.1. The van der Waals surface area contributed by atoms with Gasteiger partial charge >= 0.3 is 6.55 Å². The maximum atomic E-state index is 11.9. The van der Waals surface area contributed by atoms with E-state index in [2.05, 4.69) is 119 Å². The molecule has 30 heteroatoms. The molecule has 10 aromatic heterocycles. The molecule has 11 aromatic rings. The van der Waals surface area contributed by atoms with Gasteiger partial charge in [-0.25, -0.2) is 4.68 Å². The lowest BCUT2D eigenvalue weighted by Gasteiger charge is -2.14. The van der Waals surface area contributed by atoms with Gasteiger partial charge in [-0.05, 0) is 113 Å². The van der Waals surface area contributed by atoms with Gasteiger partial charge in [-0.3, -0.25) is 42.7 Å². The molecule has 0 amide bonds. The number of benzene rings is 1. The molecular formula is C74H109BrF2N18O9. The topological polar surface area (TPSA) is 251 Å². The Balaban J connectivity index is 0.000000305. The average Bonchev–Trinajstić information content (AvgIpc) is 1.57. The minimum Gasteiger partial charge on any atom is -0.380 e. The van der Waals surface area contributed by atoms with Crippen molar-refractivity contribution in [2.45, 2.75) is 133 Å². The molecule has 0 bridgehead atoms. The molecule has 0 aliphatic heterocycles. The Hall–Kier alpha value is -8.82. The molecule has 0 N–H and O–H groups in total. The van der Waals surface area contributed by atoms with Gasteiger partial charge in [-0.1, -0.05) is 42.5 Å². The highest BCUT2D eigenvalue weighted by molar-refractivity contribution is 9.10. The van der Waals surface area contributed by atoms with Gasteiger partial charge in [0.15, 0.2) is 0 Å². The molecule has 0 spiro atoms. The normalized spacial score (nSPS) is 10.5. The Bertz CT molecular complexity index is 3920. The van der Waals surface area contributed by atoms with Crippen molar-refractivity contribution in [1.82, 2.24) is 88.2 Å². The van der Waals surface area contributed by atoms with E-state index in [1.54, 1.807) is 91.0 Å². The first kappa shape index (κ1) is 89.4. The lowest BCUT2D eigenvalue weighted by Crippen LogP contribution is -2.05. The zero-order valence-corrected chi connectivity index (χ0v) is 66.2. The Morgan fingerprint density at radius 1 is 0.471 bits per heavy atom. The van der Waals surface area contributed by atoms with Crippen LogP contribution >= 0.6 is 15.9 Å². The maximum absolute atomic E-state index is 11.9. The summed E-state index contributed by atoms with van der Waals surface area (Å²) in [5, 5.41) is 33.2. The fourth-order valence-corrected chi connectivity index (χ4v) is 10.0. The molecule has 0 aliphatic carbocycles. The van der Waals surface area contributed by atoms with Crippen molar-refractivity contribution in [1.29, 1.82) is 0 Å². The van der Waals surface area contributed by atoms with E-state index in [4.69, 9.17) is 42.6 Å². The minimum absolute atomic E-state index is 0.0904. The molecule has 0 saturated carbocycles. The van der Waals surface area contributed by atoms with Crippen molar-refractivity contribution in [2.24, 2.45) is 35.2 Å². The second-order valence-corrected chi connectivity index (χ2v) is 24.3. The number of nitrogens with zero attached hydrogens (tertiary/aromatic N) is 18. The van der Waals surface area contributed by atoms with E-state index >= 15 is 0 Å². The molecule has 0 unspecified atom stereocenters. The van der Waals surface area contributed by atoms with Gasteiger partial charge in [0.1, 0.15) is 11.8 Å². The Morgan fingerprint density at radius 2 is 0.971 bits per heavy atom. The van der Waals surface area contributed by atoms with E-state index in [9.17, 15) is 8.78 Å². The molecule has 10 heterocycles. The number of aryl methyl sites for hydroxylation is 10. The standard InChI is InChI=1S/C12H14N2O.C12H12N2O.C9H16N2O.C8H14N2O.3C7H12N2O.C6H9BrN2O.C6H8F2N2O/c1-14-12(8-11(13-14)9-15-2)10-6-4-3-5-7-10;1-15-12(10-4-2-6-13-8-10)11-5-3-7-14-9-11;1-7(2)11-8(3)5-9(10-11)6-12-4;1-4-10-5-8(6-11-3)7(2)9-10;1-6-7(5-10-3)4-9(2)8-6;1-6-7(5-10-3)4-8-9(6)2;1-6-4-7(5-10-3)8-9(6)2;1-9-3-5(7)6(8-9)4-10-2;1-11-4-5-2-3-10(9-5)6(7)8/h3-8H,9H2,1-2H3;2-9,12H,1H3;5,7H,6H2,1-4H3;5H,4,6H2,1-3H3;3*4H,5H2,1-3H3;3H,4H2,1-2H3;2-3,6H,4H2,1H3. The second-order valence-electron chi connectivity index (χ2n) is 23.4. The number of hydrogen-bond donors (Lipinski definition) is 0. The molecule has 0 radical (unpaired) electrons. The van der Waals surface area contributed by atoms with Crippen LogP contribution in [0.2, 0.25) is 0 Å². The smallest absolute Gasteiger partial charge is 0.333 e. The lowest BCUT2D eigenvalue weighted by molar-refractivity contribution is 0.0551. The summed E-state index contributed by atoms with van der Waals surface area (Å²) < 4.78 is 83.4. The van der Waals surface area contributed by atoms with Gasteiger partial charge in [0.05, 0.1) is 103 Å². The summed E-state index contributed by atoms with van der Waals surface area (Å²) in [6.07, 6.45) is 16.0. The number of pyridine rings is 2. The summed E-state index contributed by atoms with van der Waals surface area (Å²) in [6, 6.07) is 26.1. The largest absolute Gasteiger partial charge is 0.380 e. The highest BCUT2D eigenvalue weighted by atomic mass is 79.9. The summed E-state index contributed by atoms with van der Waals surface area (Å²) in [5.41, 5.74) is 17.9. The number of methoxy groups -OCH3 is 9. The van der Waals surface area contributed by atoms with Crippen molar-refractivity contribution in [3.05, 3.63) is 224 Å². The number of alkyl halides is 2. The molecule has 0 aliphatic rings. The molecule has 1 aromatic carbocycles. The monoisotopic (exact) mass is 1510 g/mol. The van der Waals surface area contributed by atoms with Crippen molar-refractivity contribution in [3.63, 3.8) is 0 Å². The highest BCUT2D eigenvalue weighted by Gasteiger charge is 2.14. The number of aromatic nitrogens is 18. The predicted octanol–water partition coefficient (Wildman–Crippen LogP) is 13.1. The summed E-state index contributed by atoms with van der Waals surface area (Å²) >= 11 is 3.35. The van der Waals surface area contributed by atoms with Gasteiger partial charge in [0.2, 0.25) is 0 Å². The van der Waals surface area contributed by atoms with Gasteiger partial charge in [0, 0.05) is 206 Å². The van der Waals surface area contributed by atoms with Crippen LogP contribution in [0, 0.1) is 34.6 Å². The number of hydrogen-bond acceptors (Lipinski definition) is 19. The van der Waals surface area contributed by atoms with Crippen molar-refractivity contribution in [3.8, 4) is 11.3 Å².